The normalized spacial score (nSPS) is 11.9. The first-order valence-electron chi connectivity index (χ1n) is 5.92. The summed E-state index contributed by atoms with van der Waals surface area (Å²) in [4.78, 5) is 11.2. The van der Waals surface area contributed by atoms with E-state index in [4.69, 9.17) is 20.3 Å². The minimum atomic E-state index is -0.651. The largest absolute Gasteiger partial charge is 0.494 e. The first-order chi connectivity index (χ1) is 8.67. The Hall–Kier alpha value is -1.59. The lowest BCUT2D eigenvalue weighted by Crippen LogP contribution is -2.33. The number of hydrogen-bond acceptors (Lipinski definition) is 5. The van der Waals surface area contributed by atoms with E-state index in [1.807, 2.05) is 0 Å². The number of hydrogen-bond donors (Lipinski definition) is 2. The Balaban J connectivity index is 2.30. The van der Waals surface area contributed by atoms with E-state index in [9.17, 15) is 4.79 Å². The zero-order chi connectivity index (χ0) is 13.4. The molecule has 0 aliphatic carbocycles. The molecule has 1 aromatic rings. The molecule has 0 aliphatic rings. The standard InChI is InChI=1S/C13H19NO4/c1-2-17-13(16)12(14)7-8-18-11-5-3-10(9-15)4-6-11/h3-6,12,15H,2,7-9,14H2,1H3. The molecule has 1 unspecified atom stereocenters. The van der Waals surface area contributed by atoms with Gasteiger partial charge in [-0.1, -0.05) is 12.1 Å². The van der Waals surface area contributed by atoms with Crippen molar-refractivity contribution in [2.75, 3.05) is 13.2 Å². The van der Waals surface area contributed by atoms with Crippen molar-refractivity contribution in [2.24, 2.45) is 5.73 Å². The molecule has 100 valence electrons. The van der Waals surface area contributed by atoms with Crippen LogP contribution in [0.25, 0.3) is 0 Å². The summed E-state index contributed by atoms with van der Waals surface area (Å²) < 4.78 is 10.2. The Kier molecular flexibility index (Phi) is 6.18. The van der Waals surface area contributed by atoms with Crippen LogP contribution in [0.15, 0.2) is 24.3 Å². The quantitative estimate of drug-likeness (QED) is 0.704. The van der Waals surface area contributed by atoms with Gasteiger partial charge >= 0.3 is 5.97 Å². The van der Waals surface area contributed by atoms with Gasteiger partial charge in [0.25, 0.3) is 0 Å². The summed E-state index contributed by atoms with van der Waals surface area (Å²) in [7, 11) is 0. The molecule has 0 spiro atoms. The van der Waals surface area contributed by atoms with Crippen LogP contribution in [0.2, 0.25) is 0 Å². The third-order valence-electron chi connectivity index (χ3n) is 2.39. The minimum Gasteiger partial charge on any atom is -0.494 e. The van der Waals surface area contributed by atoms with Gasteiger partial charge in [-0.05, 0) is 24.6 Å². The number of aliphatic hydroxyl groups is 1. The molecule has 0 heterocycles. The monoisotopic (exact) mass is 253 g/mol. The molecular weight excluding hydrogens is 234 g/mol. The Morgan fingerprint density at radius 2 is 2.06 bits per heavy atom. The number of nitrogens with two attached hydrogens (primary N) is 1. The zero-order valence-corrected chi connectivity index (χ0v) is 10.5. The van der Waals surface area contributed by atoms with Crippen LogP contribution < -0.4 is 10.5 Å². The van der Waals surface area contributed by atoms with E-state index >= 15 is 0 Å². The molecule has 18 heavy (non-hydrogen) atoms. The van der Waals surface area contributed by atoms with Crippen molar-refractivity contribution in [1.29, 1.82) is 0 Å². The number of esters is 1. The molecule has 0 aliphatic heterocycles. The van der Waals surface area contributed by atoms with Crippen LogP contribution >= 0.6 is 0 Å². The first-order valence-corrected chi connectivity index (χ1v) is 5.92. The maximum absolute atomic E-state index is 11.2. The maximum atomic E-state index is 11.2. The highest BCUT2D eigenvalue weighted by Gasteiger charge is 2.14. The maximum Gasteiger partial charge on any atom is 0.323 e. The molecule has 0 saturated carbocycles. The Labute approximate surface area is 107 Å². The lowest BCUT2D eigenvalue weighted by Gasteiger charge is -2.11. The summed E-state index contributed by atoms with van der Waals surface area (Å²) >= 11 is 0. The minimum absolute atomic E-state index is 0.00795. The fourth-order valence-electron chi connectivity index (χ4n) is 1.36. The molecule has 1 aromatic carbocycles. The number of carbonyl (C=O) groups excluding carboxylic acids is 1. The van der Waals surface area contributed by atoms with Crippen LogP contribution in [0.4, 0.5) is 0 Å². The molecular formula is C13H19NO4. The first kappa shape index (κ1) is 14.5. The van der Waals surface area contributed by atoms with Crippen LogP contribution in [0.5, 0.6) is 5.75 Å². The predicted octanol–water partition coefficient (Wildman–Crippen LogP) is 0.838. The zero-order valence-electron chi connectivity index (χ0n) is 10.5. The van der Waals surface area contributed by atoms with Crippen LogP contribution in [0.1, 0.15) is 18.9 Å². The molecule has 5 heteroatoms. The molecule has 0 radical (unpaired) electrons. The number of ether oxygens (including phenoxy) is 2. The van der Waals surface area contributed by atoms with Crippen molar-refractivity contribution in [1.82, 2.24) is 0 Å². The molecule has 1 rings (SSSR count). The van der Waals surface area contributed by atoms with Gasteiger partial charge in [0, 0.05) is 6.42 Å². The van der Waals surface area contributed by atoms with Crippen molar-refractivity contribution >= 4 is 5.97 Å². The second-order valence-electron chi connectivity index (χ2n) is 3.80. The van der Waals surface area contributed by atoms with Crippen molar-refractivity contribution in [3.05, 3.63) is 29.8 Å². The van der Waals surface area contributed by atoms with Crippen molar-refractivity contribution in [3.63, 3.8) is 0 Å². The topological polar surface area (TPSA) is 81.8 Å². The van der Waals surface area contributed by atoms with Gasteiger partial charge in [0.2, 0.25) is 0 Å². The Morgan fingerprint density at radius 3 is 2.61 bits per heavy atom. The molecule has 3 N–H and O–H groups in total. The van der Waals surface area contributed by atoms with Gasteiger partial charge in [-0.2, -0.15) is 0 Å². The van der Waals surface area contributed by atoms with Crippen molar-refractivity contribution in [2.45, 2.75) is 26.0 Å². The highest BCUT2D eigenvalue weighted by molar-refractivity contribution is 5.75. The number of aliphatic hydroxyl groups excluding tert-OH is 1. The van der Waals surface area contributed by atoms with Crippen molar-refractivity contribution in [3.8, 4) is 5.75 Å². The smallest absolute Gasteiger partial charge is 0.323 e. The SMILES string of the molecule is CCOC(=O)C(N)CCOc1ccc(CO)cc1. The molecule has 0 amide bonds. The molecule has 0 aromatic heterocycles. The lowest BCUT2D eigenvalue weighted by atomic mass is 10.2. The summed E-state index contributed by atoms with van der Waals surface area (Å²) in [5.41, 5.74) is 6.45. The van der Waals surface area contributed by atoms with Crippen LogP contribution in [0, 0.1) is 0 Å². The van der Waals surface area contributed by atoms with E-state index in [1.165, 1.54) is 0 Å². The third kappa shape index (κ3) is 4.73. The highest BCUT2D eigenvalue weighted by Crippen LogP contribution is 2.12. The lowest BCUT2D eigenvalue weighted by molar-refractivity contribution is -0.145. The summed E-state index contributed by atoms with van der Waals surface area (Å²) in [5, 5.41) is 8.88. The van der Waals surface area contributed by atoms with Gasteiger partial charge in [0.05, 0.1) is 19.8 Å². The summed E-state index contributed by atoms with van der Waals surface area (Å²) in [6.45, 7) is 2.42. The van der Waals surface area contributed by atoms with Crippen LogP contribution in [-0.2, 0) is 16.1 Å². The van der Waals surface area contributed by atoms with Gasteiger partial charge in [0.15, 0.2) is 0 Å². The van der Waals surface area contributed by atoms with Crippen LogP contribution in [-0.4, -0.2) is 30.3 Å². The van der Waals surface area contributed by atoms with E-state index in [-0.39, 0.29) is 6.61 Å². The van der Waals surface area contributed by atoms with Crippen molar-refractivity contribution < 1.29 is 19.4 Å². The highest BCUT2D eigenvalue weighted by atomic mass is 16.5. The molecule has 5 nitrogen and oxygen atoms in total. The number of rotatable bonds is 7. The summed E-state index contributed by atoms with van der Waals surface area (Å²) in [6.07, 6.45) is 0.403. The second kappa shape index (κ2) is 7.68. The Morgan fingerprint density at radius 1 is 1.39 bits per heavy atom. The van der Waals surface area contributed by atoms with Crippen LogP contribution in [0.3, 0.4) is 0 Å². The van der Waals surface area contributed by atoms with E-state index in [2.05, 4.69) is 0 Å². The Bertz CT molecular complexity index is 364. The average molecular weight is 253 g/mol. The number of benzene rings is 1. The van der Waals surface area contributed by atoms with Gasteiger partial charge in [-0.15, -0.1) is 0 Å². The summed E-state index contributed by atoms with van der Waals surface area (Å²) in [6, 6.07) is 6.44. The van der Waals surface area contributed by atoms with E-state index in [0.717, 1.165) is 5.56 Å². The second-order valence-corrected chi connectivity index (χ2v) is 3.80. The fourth-order valence-corrected chi connectivity index (χ4v) is 1.36. The van der Waals surface area contributed by atoms with E-state index in [0.29, 0.717) is 25.4 Å². The fraction of sp³-hybridized carbons (Fsp3) is 0.462. The predicted molar refractivity (Wildman–Crippen MR) is 67.1 cm³/mol. The van der Waals surface area contributed by atoms with E-state index < -0.39 is 12.0 Å². The third-order valence-corrected chi connectivity index (χ3v) is 2.39. The van der Waals surface area contributed by atoms with Gasteiger partial charge < -0.3 is 20.3 Å². The van der Waals surface area contributed by atoms with Gasteiger partial charge in [-0.3, -0.25) is 4.79 Å². The molecule has 0 fully saturated rings. The molecule has 0 saturated heterocycles. The van der Waals surface area contributed by atoms with E-state index in [1.54, 1.807) is 31.2 Å². The van der Waals surface area contributed by atoms with Gasteiger partial charge in [-0.25, -0.2) is 0 Å². The molecule has 1 atom stereocenters. The number of carbonyl (C=O) groups is 1. The molecule has 0 bridgehead atoms. The average Bonchev–Trinajstić information content (AvgIpc) is 2.39. The van der Waals surface area contributed by atoms with Gasteiger partial charge in [0.1, 0.15) is 11.8 Å². The summed E-state index contributed by atoms with van der Waals surface area (Å²) in [5.74, 6) is 0.278.